The maximum absolute atomic E-state index is 12.4. The number of hydrogen-bond donors (Lipinski definition) is 1. The van der Waals surface area contributed by atoms with Crippen molar-refractivity contribution in [3.63, 3.8) is 0 Å². The minimum Gasteiger partial charge on any atom is -0.279 e. The Hall–Kier alpha value is -1.30. The summed E-state index contributed by atoms with van der Waals surface area (Å²) in [6.07, 6.45) is 2.89. The first-order valence-electron chi connectivity index (χ1n) is 6.36. The van der Waals surface area contributed by atoms with Gasteiger partial charge in [-0.1, -0.05) is 54.7 Å². The number of rotatable bonds is 5. The van der Waals surface area contributed by atoms with Crippen LogP contribution in [-0.4, -0.2) is 13.4 Å². The molecule has 0 radical (unpaired) electrons. The molecule has 1 N–H and O–H groups in total. The molecule has 0 unspecified atom stereocenters. The number of aromatic nitrogens is 1. The number of halogens is 2. The Labute approximate surface area is 134 Å². The molecule has 112 valence electrons. The molecule has 1 aromatic heterocycles. The molecule has 0 fully saturated rings. The lowest BCUT2D eigenvalue weighted by Gasteiger charge is -2.12. The minimum absolute atomic E-state index is 0.0248. The largest absolute Gasteiger partial charge is 0.279 e. The molecule has 0 amide bonds. The Balaban J connectivity index is 2.35. The predicted molar refractivity (Wildman–Crippen MR) is 85.5 cm³/mol. The van der Waals surface area contributed by atoms with Crippen LogP contribution in [0.3, 0.4) is 0 Å². The van der Waals surface area contributed by atoms with Gasteiger partial charge in [0.1, 0.15) is 10.0 Å². The van der Waals surface area contributed by atoms with Crippen LogP contribution in [0.4, 0.5) is 5.69 Å². The number of para-hydroxylation sites is 1. The van der Waals surface area contributed by atoms with Gasteiger partial charge in [-0.25, -0.2) is 13.4 Å². The molecule has 0 aliphatic carbocycles. The zero-order chi connectivity index (χ0) is 15.5. The van der Waals surface area contributed by atoms with E-state index in [0.717, 1.165) is 18.4 Å². The molecule has 7 heteroatoms. The number of nitrogens with zero attached hydrogens (tertiary/aromatic N) is 1. The molecule has 0 bridgehead atoms. The maximum Gasteiger partial charge on any atom is 0.263 e. The monoisotopic (exact) mass is 344 g/mol. The van der Waals surface area contributed by atoms with E-state index in [1.165, 1.54) is 12.3 Å². The van der Waals surface area contributed by atoms with Crippen LogP contribution in [0, 0.1) is 0 Å². The molecule has 0 saturated heterocycles. The van der Waals surface area contributed by atoms with Crippen molar-refractivity contribution in [3.8, 4) is 0 Å². The van der Waals surface area contributed by atoms with Crippen LogP contribution in [0.25, 0.3) is 0 Å². The summed E-state index contributed by atoms with van der Waals surface area (Å²) in [6.45, 7) is 2.04. The van der Waals surface area contributed by atoms with Gasteiger partial charge in [-0.3, -0.25) is 4.72 Å². The van der Waals surface area contributed by atoms with Crippen molar-refractivity contribution in [1.82, 2.24) is 4.98 Å². The Kier molecular flexibility index (Phi) is 5.08. The summed E-state index contributed by atoms with van der Waals surface area (Å²) < 4.78 is 27.3. The van der Waals surface area contributed by atoms with E-state index in [1.807, 2.05) is 19.1 Å². The number of benzene rings is 1. The first-order chi connectivity index (χ1) is 9.94. The lowest BCUT2D eigenvalue weighted by atomic mass is 10.1. The molecule has 0 spiro atoms. The zero-order valence-corrected chi connectivity index (χ0v) is 13.6. The Morgan fingerprint density at radius 3 is 2.62 bits per heavy atom. The van der Waals surface area contributed by atoms with Crippen LogP contribution in [0.15, 0.2) is 41.4 Å². The first-order valence-corrected chi connectivity index (χ1v) is 8.59. The van der Waals surface area contributed by atoms with Crippen LogP contribution < -0.4 is 4.72 Å². The second-order valence-corrected chi connectivity index (χ2v) is 6.90. The van der Waals surface area contributed by atoms with Crippen molar-refractivity contribution in [1.29, 1.82) is 0 Å². The van der Waals surface area contributed by atoms with Crippen LogP contribution in [-0.2, 0) is 16.4 Å². The van der Waals surface area contributed by atoms with Crippen molar-refractivity contribution in [2.75, 3.05) is 4.72 Å². The fourth-order valence-electron chi connectivity index (χ4n) is 1.86. The summed E-state index contributed by atoms with van der Waals surface area (Å²) in [5.74, 6) is 0. The van der Waals surface area contributed by atoms with Gasteiger partial charge in [-0.2, -0.15) is 0 Å². The highest BCUT2D eigenvalue weighted by molar-refractivity contribution is 7.92. The third-order valence-electron chi connectivity index (χ3n) is 2.86. The van der Waals surface area contributed by atoms with Crippen molar-refractivity contribution >= 4 is 38.9 Å². The average Bonchev–Trinajstić information content (AvgIpc) is 2.44. The third kappa shape index (κ3) is 3.87. The molecule has 0 aliphatic heterocycles. The fraction of sp³-hybridized carbons (Fsp3) is 0.214. The van der Waals surface area contributed by atoms with Gasteiger partial charge >= 0.3 is 0 Å². The van der Waals surface area contributed by atoms with Crippen molar-refractivity contribution in [3.05, 3.63) is 52.3 Å². The fourth-order valence-corrected chi connectivity index (χ4v) is 3.27. The van der Waals surface area contributed by atoms with Gasteiger partial charge in [0.2, 0.25) is 0 Å². The summed E-state index contributed by atoms with van der Waals surface area (Å²) in [5, 5.41) is 0.170. The van der Waals surface area contributed by atoms with Crippen LogP contribution >= 0.6 is 23.2 Å². The van der Waals surface area contributed by atoms with E-state index in [4.69, 9.17) is 23.2 Å². The van der Waals surface area contributed by atoms with Crippen LogP contribution in [0.2, 0.25) is 10.2 Å². The van der Waals surface area contributed by atoms with E-state index in [0.29, 0.717) is 5.69 Å². The summed E-state index contributed by atoms with van der Waals surface area (Å²) in [6, 6.07) is 8.57. The topological polar surface area (TPSA) is 59.1 Å². The average molecular weight is 345 g/mol. The molecule has 21 heavy (non-hydrogen) atoms. The quantitative estimate of drug-likeness (QED) is 0.829. The molecule has 0 saturated carbocycles. The Morgan fingerprint density at radius 1 is 1.24 bits per heavy atom. The van der Waals surface area contributed by atoms with E-state index in [-0.39, 0.29) is 15.1 Å². The molecular weight excluding hydrogens is 331 g/mol. The molecule has 0 aliphatic rings. The molecule has 0 atom stereocenters. The SMILES string of the molecule is CCCc1ccccc1NS(=O)(=O)c1cnc(Cl)c(Cl)c1. The van der Waals surface area contributed by atoms with Gasteiger partial charge in [0.05, 0.1) is 10.7 Å². The van der Waals surface area contributed by atoms with E-state index in [1.54, 1.807) is 12.1 Å². The smallest absolute Gasteiger partial charge is 0.263 e. The van der Waals surface area contributed by atoms with Crippen LogP contribution in [0.1, 0.15) is 18.9 Å². The molecular formula is C14H14Cl2N2O2S. The number of sulfonamides is 1. The van der Waals surface area contributed by atoms with Gasteiger partial charge in [0.25, 0.3) is 10.0 Å². The van der Waals surface area contributed by atoms with Gasteiger partial charge in [-0.15, -0.1) is 0 Å². The normalized spacial score (nSPS) is 11.4. The summed E-state index contributed by atoms with van der Waals surface area (Å²) in [7, 11) is -3.75. The molecule has 1 heterocycles. The summed E-state index contributed by atoms with van der Waals surface area (Å²) in [5.41, 5.74) is 1.50. The lowest BCUT2D eigenvalue weighted by molar-refractivity contribution is 0.600. The highest BCUT2D eigenvalue weighted by atomic mass is 35.5. The van der Waals surface area contributed by atoms with Crippen molar-refractivity contribution in [2.24, 2.45) is 0 Å². The summed E-state index contributed by atoms with van der Waals surface area (Å²) >= 11 is 11.5. The highest BCUT2D eigenvalue weighted by Gasteiger charge is 2.17. The third-order valence-corrected chi connectivity index (χ3v) is 4.88. The second-order valence-electron chi connectivity index (χ2n) is 4.46. The van der Waals surface area contributed by atoms with E-state index < -0.39 is 10.0 Å². The highest BCUT2D eigenvalue weighted by Crippen LogP contribution is 2.25. The lowest BCUT2D eigenvalue weighted by Crippen LogP contribution is -2.14. The van der Waals surface area contributed by atoms with Gasteiger partial charge in [0, 0.05) is 6.20 Å². The number of aryl methyl sites for hydroxylation is 1. The molecule has 1 aromatic carbocycles. The molecule has 2 aromatic rings. The zero-order valence-electron chi connectivity index (χ0n) is 11.3. The number of hydrogen-bond acceptors (Lipinski definition) is 3. The number of anilines is 1. The first kappa shape index (κ1) is 16.1. The van der Waals surface area contributed by atoms with Gasteiger partial charge in [0.15, 0.2) is 0 Å². The van der Waals surface area contributed by atoms with Gasteiger partial charge in [-0.05, 0) is 24.1 Å². The maximum atomic E-state index is 12.4. The predicted octanol–water partition coefficient (Wildman–Crippen LogP) is 4.14. The van der Waals surface area contributed by atoms with Crippen molar-refractivity contribution in [2.45, 2.75) is 24.7 Å². The van der Waals surface area contributed by atoms with E-state index in [2.05, 4.69) is 9.71 Å². The summed E-state index contributed by atoms with van der Waals surface area (Å²) in [4.78, 5) is 3.73. The van der Waals surface area contributed by atoms with Crippen LogP contribution in [0.5, 0.6) is 0 Å². The molecule has 2 rings (SSSR count). The minimum atomic E-state index is -3.75. The Morgan fingerprint density at radius 2 is 1.95 bits per heavy atom. The van der Waals surface area contributed by atoms with E-state index >= 15 is 0 Å². The Bertz CT molecular complexity index is 748. The standard InChI is InChI=1S/C14H14Cl2N2O2S/c1-2-5-10-6-3-4-7-13(10)18-21(19,20)11-8-12(15)14(16)17-9-11/h3-4,6-9,18H,2,5H2,1H3. The van der Waals surface area contributed by atoms with Gasteiger partial charge < -0.3 is 0 Å². The number of pyridine rings is 1. The molecule has 4 nitrogen and oxygen atoms in total. The number of nitrogens with one attached hydrogen (secondary N) is 1. The van der Waals surface area contributed by atoms with E-state index in [9.17, 15) is 8.42 Å². The second kappa shape index (κ2) is 6.64. The van der Waals surface area contributed by atoms with Crippen molar-refractivity contribution < 1.29 is 8.42 Å².